The second-order valence-corrected chi connectivity index (χ2v) is 10.8. The van der Waals surface area contributed by atoms with E-state index >= 15 is 0 Å². The van der Waals surface area contributed by atoms with E-state index < -0.39 is 0 Å². The van der Waals surface area contributed by atoms with Crippen molar-refractivity contribution in [2.24, 2.45) is 23.2 Å². The standard InChI is InChI=1S/C26H38N2O/c1-19-6-8-23(9-7-19)24(28-10-4-2-3-5-11-28)18-27-25(29)26-15-20-12-21(16-26)14-22(13-20)17-26/h6-9,20-22,24H,2-5,10-18H2,1H3,(H,27,29)/t20?,21?,22?,24-,26?/m0/s1. The summed E-state index contributed by atoms with van der Waals surface area (Å²) in [5, 5.41) is 3.49. The Morgan fingerprint density at radius 2 is 1.52 bits per heavy atom. The van der Waals surface area contributed by atoms with Crippen molar-refractivity contribution in [1.82, 2.24) is 10.2 Å². The first-order chi connectivity index (χ1) is 14.1. The Bertz CT molecular complexity index is 681. The molecule has 5 aliphatic rings. The number of likely N-dealkylation sites (tertiary alicyclic amines) is 1. The van der Waals surface area contributed by atoms with Gasteiger partial charge in [-0.2, -0.15) is 0 Å². The lowest BCUT2D eigenvalue weighted by Crippen LogP contribution is -2.54. The van der Waals surface area contributed by atoms with Gasteiger partial charge in [0.05, 0.1) is 6.04 Å². The number of aryl methyl sites for hydroxylation is 1. The third-order valence-electron chi connectivity index (χ3n) is 8.52. The molecule has 4 bridgehead atoms. The van der Waals surface area contributed by atoms with Crippen molar-refractivity contribution in [2.75, 3.05) is 19.6 Å². The Hall–Kier alpha value is -1.35. The number of rotatable bonds is 5. The molecule has 6 rings (SSSR count). The highest BCUT2D eigenvalue weighted by Gasteiger charge is 2.54. The maximum Gasteiger partial charge on any atom is 0.226 e. The van der Waals surface area contributed by atoms with Crippen LogP contribution in [0.2, 0.25) is 0 Å². The van der Waals surface area contributed by atoms with Crippen molar-refractivity contribution in [3.05, 3.63) is 35.4 Å². The minimum absolute atomic E-state index is 0.0363. The van der Waals surface area contributed by atoms with E-state index in [4.69, 9.17) is 0 Å². The van der Waals surface area contributed by atoms with Gasteiger partial charge < -0.3 is 5.32 Å². The van der Waals surface area contributed by atoms with Crippen LogP contribution in [0.25, 0.3) is 0 Å². The molecular weight excluding hydrogens is 356 g/mol. The predicted octanol–water partition coefficient (Wildman–Crippen LogP) is 5.24. The number of carbonyl (C=O) groups excluding carboxylic acids is 1. The number of benzene rings is 1. The van der Waals surface area contributed by atoms with E-state index in [-0.39, 0.29) is 5.41 Å². The highest BCUT2D eigenvalue weighted by Crippen LogP contribution is 2.60. The smallest absolute Gasteiger partial charge is 0.226 e. The van der Waals surface area contributed by atoms with E-state index in [1.54, 1.807) is 0 Å². The summed E-state index contributed by atoms with van der Waals surface area (Å²) >= 11 is 0. The minimum Gasteiger partial charge on any atom is -0.354 e. The number of amides is 1. The van der Waals surface area contributed by atoms with Gasteiger partial charge >= 0.3 is 0 Å². The third kappa shape index (κ3) is 4.00. The van der Waals surface area contributed by atoms with E-state index in [2.05, 4.69) is 41.4 Å². The quantitative estimate of drug-likeness (QED) is 0.740. The summed E-state index contributed by atoms with van der Waals surface area (Å²) in [4.78, 5) is 16.1. The predicted molar refractivity (Wildman–Crippen MR) is 118 cm³/mol. The first kappa shape index (κ1) is 19.6. The van der Waals surface area contributed by atoms with Crippen LogP contribution in [0.5, 0.6) is 0 Å². The zero-order chi connectivity index (χ0) is 19.8. The molecule has 1 aliphatic heterocycles. The summed E-state index contributed by atoms with van der Waals surface area (Å²) in [5.41, 5.74) is 2.63. The van der Waals surface area contributed by atoms with Gasteiger partial charge in [0.1, 0.15) is 0 Å². The Morgan fingerprint density at radius 3 is 2.07 bits per heavy atom. The highest BCUT2D eigenvalue weighted by atomic mass is 16.2. The summed E-state index contributed by atoms with van der Waals surface area (Å²) in [6.45, 7) is 5.24. The van der Waals surface area contributed by atoms with Gasteiger partial charge in [-0.15, -0.1) is 0 Å². The summed E-state index contributed by atoms with van der Waals surface area (Å²) in [6, 6.07) is 9.32. The zero-order valence-electron chi connectivity index (χ0n) is 18.2. The molecule has 1 atom stereocenters. The molecule has 1 saturated heterocycles. The molecule has 0 spiro atoms. The van der Waals surface area contributed by atoms with Gasteiger partial charge in [-0.3, -0.25) is 9.69 Å². The van der Waals surface area contributed by atoms with Gasteiger partial charge in [0, 0.05) is 12.0 Å². The first-order valence-electron chi connectivity index (χ1n) is 12.2. The Kier molecular flexibility index (Phi) is 5.45. The summed E-state index contributed by atoms with van der Waals surface area (Å²) < 4.78 is 0. The van der Waals surface area contributed by atoms with Crippen LogP contribution in [0.1, 0.15) is 81.4 Å². The molecule has 29 heavy (non-hydrogen) atoms. The molecule has 1 heterocycles. The molecule has 4 saturated carbocycles. The first-order valence-corrected chi connectivity index (χ1v) is 12.2. The number of hydrogen-bond donors (Lipinski definition) is 1. The van der Waals surface area contributed by atoms with Gasteiger partial charge in [0.2, 0.25) is 5.91 Å². The van der Waals surface area contributed by atoms with E-state index in [0.717, 1.165) is 56.7 Å². The topological polar surface area (TPSA) is 32.3 Å². The molecular formula is C26H38N2O. The second-order valence-electron chi connectivity index (χ2n) is 10.8. The number of nitrogens with zero attached hydrogens (tertiary/aromatic N) is 1. The largest absolute Gasteiger partial charge is 0.354 e. The number of carbonyl (C=O) groups is 1. The van der Waals surface area contributed by atoms with Gasteiger partial charge in [0.15, 0.2) is 0 Å². The average molecular weight is 395 g/mol. The average Bonchev–Trinajstić information content (AvgIpc) is 2.98. The Balaban J connectivity index is 1.31. The van der Waals surface area contributed by atoms with Gasteiger partial charge in [0.25, 0.3) is 0 Å². The third-order valence-corrected chi connectivity index (χ3v) is 8.52. The number of nitrogens with one attached hydrogen (secondary N) is 1. The van der Waals surface area contributed by atoms with Gasteiger partial charge in [-0.05, 0) is 94.7 Å². The molecule has 3 nitrogen and oxygen atoms in total. The molecule has 5 fully saturated rings. The van der Waals surface area contributed by atoms with E-state index in [9.17, 15) is 4.79 Å². The molecule has 1 N–H and O–H groups in total. The maximum atomic E-state index is 13.5. The van der Waals surface area contributed by atoms with Crippen LogP contribution in [0.15, 0.2) is 24.3 Å². The molecule has 1 aromatic rings. The highest BCUT2D eigenvalue weighted by molar-refractivity contribution is 5.83. The molecule has 1 amide bonds. The van der Waals surface area contributed by atoms with E-state index in [0.29, 0.717) is 11.9 Å². The summed E-state index contributed by atoms with van der Waals surface area (Å²) in [5.74, 6) is 2.85. The maximum absolute atomic E-state index is 13.5. The fourth-order valence-corrected chi connectivity index (χ4v) is 7.42. The van der Waals surface area contributed by atoms with Crippen molar-refractivity contribution in [3.63, 3.8) is 0 Å². The Morgan fingerprint density at radius 1 is 0.966 bits per heavy atom. The molecule has 3 heteroatoms. The van der Waals surface area contributed by atoms with Crippen molar-refractivity contribution in [1.29, 1.82) is 0 Å². The lowest BCUT2D eigenvalue weighted by molar-refractivity contribution is -0.146. The second kappa shape index (κ2) is 8.06. The van der Waals surface area contributed by atoms with Crippen LogP contribution < -0.4 is 5.32 Å². The monoisotopic (exact) mass is 394 g/mol. The lowest BCUT2D eigenvalue weighted by Gasteiger charge is -2.55. The summed E-state index contributed by atoms with van der Waals surface area (Å²) in [6.07, 6.45) is 12.9. The van der Waals surface area contributed by atoms with Gasteiger partial charge in [-0.1, -0.05) is 42.7 Å². The summed E-state index contributed by atoms with van der Waals surface area (Å²) in [7, 11) is 0. The zero-order valence-corrected chi connectivity index (χ0v) is 18.2. The SMILES string of the molecule is Cc1ccc([C@H](CNC(=O)C23CC4CC(CC(C4)C2)C3)N2CCCCCC2)cc1. The number of hydrogen-bond acceptors (Lipinski definition) is 2. The van der Waals surface area contributed by atoms with Crippen molar-refractivity contribution in [2.45, 2.75) is 77.2 Å². The van der Waals surface area contributed by atoms with Crippen LogP contribution in [0.3, 0.4) is 0 Å². The molecule has 0 aromatic heterocycles. The van der Waals surface area contributed by atoms with Crippen LogP contribution >= 0.6 is 0 Å². The van der Waals surface area contributed by atoms with Crippen LogP contribution in [0.4, 0.5) is 0 Å². The molecule has 0 unspecified atom stereocenters. The van der Waals surface area contributed by atoms with Crippen molar-refractivity contribution < 1.29 is 4.79 Å². The fourth-order valence-electron chi connectivity index (χ4n) is 7.42. The minimum atomic E-state index is -0.0363. The fraction of sp³-hybridized carbons (Fsp3) is 0.731. The van der Waals surface area contributed by atoms with Gasteiger partial charge in [-0.25, -0.2) is 0 Å². The molecule has 1 aromatic carbocycles. The normalized spacial score (nSPS) is 35.3. The lowest BCUT2D eigenvalue weighted by atomic mass is 9.49. The molecule has 4 aliphatic carbocycles. The van der Waals surface area contributed by atoms with Crippen molar-refractivity contribution in [3.8, 4) is 0 Å². The Labute approximate surface area is 176 Å². The van der Waals surface area contributed by atoms with E-state index in [1.807, 2.05) is 0 Å². The van der Waals surface area contributed by atoms with Crippen LogP contribution in [-0.4, -0.2) is 30.4 Å². The van der Waals surface area contributed by atoms with Crippen molar-refractivity contribution >= 4 is 5.91 Å². The van der Waals surface area contributed by atoms with Crippen LogP contribution in [0, 0.1) is 30.1 Å². The molecule has 158 valence electrons. The molecule has 0 radical (unpaired) electrons. The van der Waals surface area contributed by atoms with Crippen LogP contribution in [-0.2, 0) is 4.79 Å². The van der Waals surface area contributed by atoms with E-state index in [1.165, 1.54) is 56.1 Å².